The molecule has 3 aromatic rings. The van der Waals surface area contributed by atoms with Crippen molar-refractivity contribution in [2.75, 3.05) is 0 Å². The number of hydrogen-bond donors (Lipinski definition) is 2. The Labute approximate surface area is 206 Å². The Balaban J connectivity index is 2.29. The number of phenols is 2. The molecule has 5 heteroatoms. The van der Waals surface area contributed by atoms with E-state index in [1.165, 1.54) is 11.6 Å². The molecule has 0 saturated carbocycles. The molecule has 0 aliphatic heterocycles. The SMILES string of the molecule is CC[C@@H](C)C(=O)c1c(O)c(CC=C(C)CCC=C(C)C)c2oc(=O)cc(-c3ccccc3)c2c1O. The van der Waals surface area contributed by atoms with Crippen molar-refractivity contribution in [3.05, 3.63) is 81.2 Å². The van der Waals surface area contributed by atoms with Crippen LogP contribution in [0.2, 0.25) is 0 Å². The van der Waals surface area contributed by atoms with Crippen molar-refractivity contribution in [3.63, 3.8) is 0 Å². The Morgan fingerprint density at radius 3 is 2.37 bits per heavy atom. The molecule has 1 aromatic heterocycles. The maximum Gasteiger partial charge on any atom is 0.336 e. The van der Waals surface area contributed by atoms with E-state index in [1.807, 2.05) is 50.3 Å². The zero-order chi connectivity index (χ0) is 25.7. The van der Waals surface area contributed by atoms with Gasteiger partial charge in [-0.05, 0) is 52.0 Å². The summed E-state index contributed by atoms with van der Waals surface area (Å²) in [5, 5.41) is 22.8. The standard InChI is InChI=1S/C30H34O5/c1-6-20(5)27(32)26-28(33)22(16-15-19(4)12-10-11-18(2)3)30-25(29(26)34)23(17-24(31)35-30)21-13-8-7-9-14-21/h7-9,11,13-15,17,20,33-34H,6,10,12,16H2,1-5H3/t20-/m1/s1. The van der Waals surface area contributed by atoms with Crippen molar-refractivity contribution >= 4 is 16.8 Å². The number of carbonyl (C=O) groups is 1. The molecule has 2 aromatic carbocycles. The average molecular weight is 475 g/mol. The summed E-state index contributed by atoms with van der Waals surface area (Å²) in [6, 6.07) is 10.5. The Hall–Kier alpha value is -3.60. The van der Waals surface area contributed by atoms with Crippen LogP contribution in [0.15, 0.2) is 68.9 Å². The molecule has 0 radical (unpaired) electrons. The van der Waals surface area contributed by atoms with Crippen molar-refractivity contribution in [1.29, 1.82) is 0 Å². The first-order valence-corrected chi connectivity index (χ1v) is 12.1. The van der Waals surface area contributed by atoms with Crippen LogP contribution in [-0.4, -0.2) is 16.0 Å². The lowest BCUT2D eigenvalue weighted by Crippen LogP contribution is -2.12. The summed E-state index contributed by atoms with van der Waals surface area (Å²) < 4.78 is 5.56. The second kappa shape index (κ2) is 11.2. The van der Waals surface area contributed by atoms with Gasteiger partial charge >= 0.3 is 5.63 Å². The molecule has 0 spiro atoms. The third-order valence-electron chi connectivity index (χ3n) is 6.37. The number of phenolic OH excluding ortho intramolecular Hbond substituents is 2. The predicted molar refractivity (Wildman–Crippen MR) is 141 cm³/mol. The molecule has 1 atom stereocenters. The van der Waals surface area contributed by atoms with Crippen molar-refractivity contribution < 1.29 is 19.4 Å². The van der Waals surface area contributed by atoms with Gasteiger partial charge in [0.15, 0.2) is 5.78 Å². The molecule has 184 valence electrons. The fraction of sp³-hybridized carbons (Fsp3) is 0.333. The minimum absolute atomic E-state index is 0.0976. The minimum Gasteiger partial charge on any atom is -0.507 e. The minimum atomic E-state index is -0.596. The van der Waals surface area contributed by atoms with Crippen LogP contribution in [0.5, 0.6) is 11.5 Å². The monoisotopic (exact) mass is 474 g/mol. The third-order valence-corrected chi connectivity index (χ3v) is 6.37. The van der Waals surface area contributed by atoms with Gasteiger partial charge < -0.3 is 14.6 Å². The van der Waals surface area contributed by atoms with Gasteiger partial charge in [0, 0.05) is 23.1 Å². The first kappa shape index (κ1) is 26.0. The van der Waals surface area contributed by atoms with E-state index in [4.69, 9.17) is 4.42 Å². The van der Waals surface area contributed by atoms with E-state index in [-0.39, 0.29) is 40.2 Å². The van der Waals surface area contributed by atoms with Gasteiger partial charge in [-0.3, -0.25) is 4.79 Å². The highest BCUT2D eigenvalue weighted by atomic mass is 16.4. The fourth-order valence-corrected chi connectivity index (χ4v) is 4.10. The number of hydrogen-bond acceptors (Lipinski definition) is 5. The number of fused-ring (bicyclic) bond motifs is 1. The number of aromatic hydroxyl groups is 2. The molecule has 2 N–H and O–H groups in total. The number of ketones is 1. The molecular weight excluding hydrogens is 440 g/mol. The van der Waals surface area contributed by atoms with E-state index < -0.39 is 11.5 Å². The van der Waals surface area contributed by atoms with Gasteiger partial charge in [0.1, 0.15) is 22.6 Å². The van der Waals surface area contributed by atoms with Crippen LogP contribution >= 0.6 is 0 Å². The Morgan fingerprint density at radius 1 is 1.06 bits per heavy atom. The number of carbonyl (C=O) groups excluding carboxylic acids is 1. The summed E-state index contributed by atoms with van der Waals surface area (Å²) >= 11 is 0. The smallest absolute Gasteiger partial charge is 0.336 e. The predicted octanol–water partition coefficient (Wildman–Crippen LogP) is 7.34. The highest BCUT2D eigenvalue weighted by molar-refractivity contribution is 6.11. The quantitative estimate of drug-likeness (QED) is 0.192. The molecule has 3 rings (SSSR count). The van der Waals surface area contributed by atoms with E-state index >= 15 is 0 Å². The number of benzene rings is 2. The normalized spacial score (nSPS) is 12.5. The van der Waals surface area contributed by atoms with Crippen molar-refractivity contribution in [2.24, 2.45) is 5.92 Å². The van der Waals surface area contributed by atoms with E-state index in [2.05, 4.69) is 19.9 Å². The van der Waals surface area contributed by atoms with E-state index in [0.29, 0.717) is 23.1 Å². The van der Waals surface area contributed by atoms with Crippen molar-refractivity contribution in [3.8, 4) is 22.6 Å². The first-order valence-electron chi connectivity index (χ1n) is 12.1. The number of rotatable bonds is 9. The number of Topliss-reactive ketones (excluding diaryl/α,β-unsaturated/α-hetero) is 1. The maximum absolute atomic E-state index is 13.2. The molecule has 0 fully saturated rings. The fourth-order valence-electron chi connectivity index (χ4n) is 4.10. The second-order valence-corrected chi connectivity index (χ2v) is 9.35. The van der Waals surface area contributed by atoms with Crippen LogP contribution in [0, 0.1) is 5.92 Å². The molecule has 0 saturated heterocycles. The molecular formula is C30H34O5. The van der Waals surface area contributed by atoms with Gasteiger partial charge in [0.2, 0.25) is 0 Å². The van der Waals surface area contributed by atoms with Crippen LogP contribution in [-0.2, 0) is 6.42 Å². The summed E-state index contributed by atoms with van der Waals surface area (Å²) in [5.74, 6) is -1.44. The lowest BCUT2D eigenvalue weighted by molar-refractivity contribution is 0.0921. The van der Waals surface area contributed by atoms with Crippen LogP contribution in [0.4, 0.5) is 0 Å². The Morgan fingerprint density at radius 2 is 1.74 bits per heavy atom. The highest BCUT2D eigenvalue weighted by Gasteiger charge is 2.29. The van der Waals surface area contributed by atoms with Crippen molar-refractivity contribution in [2.45, 2.75) is 60.3 Å². The molecule has 0 aliphatic rings. The topological polar surface area (TPSA) is 87.7 Å². The Kier molecular flexibility index (Phi) is 8.34. The summed E-state index contributed by atoms with van der Waals surface area (Å²) in [4.78, 5) is 25.8. The first-order chi connectivity index (χ1) is 16.6. The summed E-state index contributed by atoms with van der Waals surface area (Å²) in [7, 11) is 0. The highest BCUT2D eigenvalue weighted by Crippen LogP contribution is 2.44. The average Bonchev–Trinajstić information content (AvgIpc) is 2.83. The Bertz CT molecular complexity index is 1340. The van der Waals surface area contributed by atoms with Gasteiger partial charge in [-0.15, -0.1) is 0 Å². The maximum atomic E-state index is 13.2. The van der Waals surface area contributed by atoms with E-state index in [9.17, 15) is 19.8 Å². The van der Waals surface area contributed by atoms with Gasteiger partial charge in [-0.1, -0.05) is 67.5 Å². The molecule has 0 aliphatic carbocycles. The molecule has 0 bridgehead atoms. The summed E-state index contributed by atoms with van der Waals surface area (Å²) in [5.41, 5.74) is 3.22. The second-order valence-electron chi connectivity index (χ2n) is 9.35. The third kappa shape index (κ3) is 5.73. The summed E-state index contributed by atoms with van der Waals surface area (Å²) in [6.45, 7) is 9.77. The number of allylic oxidation sites excluding steroid dienone is 4. The van der Waals surface area contributed by atoms with Crippen LogP contribution in [0.3, 0.4) is 0 Å². The van der Waals surface area contributed by atoms with Gasteiger partial charge in [-0.2, -0.15) is 0 Å². The van der Waals surface area contributed by atoms with E-state index in [0.717, 1.165) is 18.4 Å². The largest absolute Gasteiger partial charge is 0.507 e. The molecule has 1 heterocycles. The van der Waals surface area contributed by atoms with Crippen LogP contribution in [0.1, 0.15) is 69.8 Å². The van der Waals surface area contributed by atoms with Gasteiger partial charge in [0.05, 0.1) is 5.39 Å². The molecule has 35 heavy (non-hydrogen) atoms. The van der Waals surface area contributed by atoms with Crippen molar-refractivity contribution in [1.82, 2.24) is 0 Å². The van der Waals surface area contributed by atoms with Gasteiger partial charge in [-0.25, -0.2) is 4.79 Å². The van der Waals surface area contributed by atoms with E-state index in [1.54, 1.807) is 6.92 Å². The zero-order valence-electron chi connectivity index (χ0n) is 21.1. The zero-order valence-corrected chi connectivity index (χ0v) is 21.1. The molecule has 0 unspecified atom stereocenters. The molecule has 0 amide bonds. The van der Waals surface area contributed by atoms with Crippen LogP contribution in [0.25, 0.3) is 22.1 Å². The van der Waals surface area contributed by atoms with Gasteiger partial charge in [0.25, 0.3) is 0 Å². The lowest BCUT2D eigenvalue weighted by atomic mass is 9.89. The van der Waals surface area contributed by atoms with Crippen LogP contribution < -0.4 is 5.63 Å². The lowest BCUT2D eigenvalue weighted by Gasteiger charge is -2.18. The molecule has 5 nitrogen and oxygen atoms in total. The summed E-state index contributed by atoms with van der Waals surface area (Å²) in [6.07, 6.45) is 6.70.